The van der Waals surface area contributed by atoms with Crippen LogP contribution >= 0.6 is 0 Å². The van der Waals surface area contributed by atoms with E-state index in [2.05, 4.69) is 53.8 Å². The number of rotatable bonds is 10. The fourth-order valence-corrected chi connectivity index (χ4v) is 5.01. The van der Waals surface area contributed by atoms with Gasteiger partial charge in [0.15, 0.2) is 0 Å². The van der Waals surface area contributed by atoms with Gasteiger partial charge in [0.2, 0.25) is 5.91 Å². The number of piperidine rings is 1. The van der Waals surface area contributed by atoms with Crippen LogP contribution in [-0.2, 0) is 17.9 Å². The summed E-state index contributed by atoms with van der Waals surface area (Å²) in [5, 5.41) is 0. The lowest BCUT2D eigenvalue weighted by Gasteiger charge is -2.42. The van der Waals surface area contributed by atoms with Crippen molar-refractivity contribution in [3.63, 3.8) is 0 Å². The number of aromatic nitrogens is 1. The summed E-state index contributed by atoms with van der Waals surface area (Å²) in [5.74, 6) is 1.06. The summed E-state index contributed by atoms with van der Waals surface area (Å²) >= 11 is 0. The predicted molar refractivity (Wildman–Crippen MR) is 141 cm³/mol. The molecule has 0 unspecified atom stereocenters. The van der Waals surface area contributed by atoms with E-state index in [-0.39, 0.29) is 11.3 Å². The molecule has 1 fully saturated rings. The lowest BCUT2D eigenvalue weighted by atomic mass is 9.75. The average Bonchev–Trinajstić information content (AvgIpc) is 3.34. The lowest BCUT2D eigenvalue weighted by Crippen LogP contribution is -2.45. The Bertz CT molecular complexity index is 1050. The van der Waals surface area contributed by atoms with Gasteiger partial charge in [-0.3, -0.25) is 9.69 Å². The zero-order chi connectivity index (χ0) is 24.7. The van der Waals surface area contributed by atoms with Crippen molar-refractivity contribution in [2.24, 2.45) is 5.41 Å². The molecule has 1 aliphatic rings. The maximum Gasteiger partial charge on any atom is 0.223 e. The largest absolute Gasteiger partial charge is 0.493 e. The summed E-state index contributed by atoms with van der Waals surface area (Å²) in [7, 11) is 1.91. The van der Waals surface area contributed by atoms with E-state index in [0.29, 0.717) is 25.6 Å². The summed E-state index contributed by atoms with van der Waals surface area (Å²) < 4.78 is 8.60. The molecular formula is C30H39N3O2. The summed E-state index contributed by atoms with van der Waals surface area (Å²) in [5.41, 5.74) is 2.35. The van der Waals surface area contributed by atoms with Gasteiger partial charge in [0.25, 0.3) is 0 Å². The third kappa shape index (κ3) is 6.76. The van der Waals surface area contributed by atoms with Gasteiger partial charge < -0.3 is 14.2 Å². The van der Waals surface area contributed by atoms with E-state index in [4.69, 9.17) is 4.74 Å². The SMILES string of the molecule is CC(C)n1cccc1CN1CCC(COc2ccccc2)(CC(=O)N(C)Cc2ccccc2)CC1. The second kappa shape index (κ2) is 11.6. The van der Waals surface area contributed by atoms with Gasteiger partial charge in [0.05, 0.1) is 6.61 Å². The van der Waals surface area contributed by atoms with Gasteiger partial charge in [-0.2, -0.15) is 0 Å². The number of amides is 1. The molecule has 5 heteroatoms. The number of nitrogens with zero attached hydrogens (tertiary/aromatic N) is 3. The number of benzene rings is 2. The molecule has 0 bridgehead atoms. The molecule has 35 heavy (non-hydrogen) atoms. The van der Waals surface area contributed by atoms with Crippen molar-refractivity contribution in [3.05, 3.63) is 90.3 Å². The molecule has 1 saturated heterocycles. The molecule has 186 valence electrons. The van der Waals surface area contributed by atoms with Crippen LogP contribution in [-0.4, -0.2) is 47.0 Å². The predicted octanol–water partition coefficient (Wildman–Crippen LogP) is 5.78. The van der Waals surface area contributed by atoms with Gasteiger partial charge >= 0.3 is 0 Å². The highest BCUT2D eigenvalue weighted by Gasteiger charge is 2.38. The third-order valence-corrected chi connectivity index (χ3v) is 7.23. The number of hydrogen-bond donors (Lipinski definition) is 0. The molecule has 2 aromatic carbocycles. The van der Waals surface area contributed by atoms with Gasteiger partial charge in [0, 0.05) is 49.9 Å². The molecule has 1 aromatic heterocycles. The van der Waals surface area contributed by atoms with Crippen LogP contribution in [0.4, 0.5) is 0 Å². The van der Waals surface area contributed by atoms with E-state index in [1.54, 1.807) is 0 Å². The maximum absolute atomic E-state index is 13.3. The molecule has 0 spiro atoms. The fourth-order valence-electron chi connectivity index (χ4n) is 5.01. The first-order chi connectivity index (χ1) is 16.9. The quantitative estimate of drug-likeness (QED) is 0.375. The summed E-state index contributed by atoms with van der Waals surface area (Å²) in [4.78, 5) is 17.7. The van der Waals surface area contributed by atoms with Crippen molar-refractivity contribution < 1.29 is 9.53 Å². The Morgan fingerprint density at radius 2 is 1.63 bits per heavy atom. The zero-order valence-corrected chi connectivity index (χ0v) is 21.4. The highest BCUT2D eigenvalue weighted by molar-refractivity contribution is 5.76. The Morgan fingerprint density at radius 3 is 2.29 bits per heavy atom. The van der Waals surface area contributed by atoms with Gasteiger partial charge in [-0.1, -0.05) is 48.5 Å². The van der Waals surface area contributed by atoms with E-state index < -0.39 is 0 Å². The van der Waals surface area contributed by atoms with Crippen molar-refractivity contribution in [1.82, 2.24) is 14.4 Å². The summed E-state index contributed by atoms with van der Waals surface area (Å²) in [6.45, 7) is 8.54. The number of ether oxygens (including phenoxy) is 1. The number of carbonyl (C=O) groups is 1. The van der Waals surface area contributed by atoms with Crippen molar-refractivity contribution in [2.75, 3.05) is 26.7 Å². The molecule has 0 N–H and O–H groups in total. The Hall–Kier alpha value is -3.05. The molecule has 0 atom stereocenters. The van der Waals surface area contributed by atoms with Gasteiger partial charge in [0.1, 0.15) is 5.75 Å². The van der Waals surface area contributed by atoms with Crippen LogP contribution in [0.25, 0.3) is 0 Å². The van der Waals surface area contributed by atoms with Crippen LogP contribution in [0.2, 0.25) is 0 Å². The number of hydrogen-bond acceptors (Lipinski definition) is 3. The highest BCUT2D eigenvalue weighted by atomic mass is 16.5. The molecule has 1 amide bonds. The van der Waals surface area contributed by atoms with Crippen LogP contribution in [0.15, 0.2) is 79.0 Å². The van der Waals surface area contributed by atoms with Gasteiger partial charge in [-0.05, 0) is 69.6 Å². The van der Waals surface area contributed by atoms with E-state index in [1.165, 1.54) is 5.69 Å². The van der Waals surface area contributed by atoms with Crippen LogP contribution in [0.1, 0.15) is 50.4 Å². The Morgan fingerprint density at radius 1 is 0.971 bits per heavy atom. The van der Waals surface area contributed by atoms with Crippen LogP contribution < -0.4 is 4.74 Å². The molecule has 3 aromatic rings. The molecule has 0 saturated carbocycles. The topological polar surface area (TPSA) is 37.7 Å². The lowest BCUT2D eigenvalue weighted by molar-refractivity contribution is -0.134. The number of para-hydroxylation sites is 1. The van der Waals surface area contributed by atoms with E-state index in [0.717, 1.165) is 43.8 Å². The molecular weight excluding hydrogens is 434 g/mol. The maximum atomic E-state index is 13.3. The molecule has 5 nitrogen and oxygen atoms in total. The highest BCUT2D eigenvalue weighted by Crippen LogP contribution is 2.37. The standard InChI is InChI=1S/C30H39N3O2/c1-25(2)33-18-10-13-27(33)23-32-19-16-30(17-20-32,24-35-28-14-8-5-9-15-28)21-29(34)31(3)22-26-11-6-4-7-12-26/h4-15,18,25H,16-17,19-24H2,1-3H3. The smallest absolute Gasteiger partial charge is 0.223 e. The molecule has 0 radical (unpaired) electrons. The van der Waals surface area contributed by atoms with Crippen LogP contribution in [0, 0.1) is 5.41 Å². The summed E-state index contributed by atoms with van der Waals surface area (Å²) in [6.07, 6.45) is 4.59. The fraction of sp³-hybridized carbons (Fsp3) is 0.433. The molecule has 0 aliphatic carbocycles. The summed E-state index contributed by atoms with van der Waals surface area (Å²) in [6, 6.07) is 25.0. The van der Waals surface area contributed by atoms with Crippen molar-refractivity contribution >= 4 is 5.91 Å². The average molecular weight is 474 g/mol. The van der Waals surface area contributed by atoms with E-state index in [9.17, 15) is 4.79 Å². The Kier molecular flexibility index (Phi) is 8.29. The first-order valence-electron chi connectivity index (χ1n) is 12.8. The van der Waals surface area contributed by atoms with Gasteiger partial charge in [-0.25, -0.2) is 0 Å². The zero-order valence-electron chi connectivity index (χ0n) is 21.4. The van der Waals surface area contributed by atoms with Gasteiger partial charge in [-0.15, -0.1) is 0 Å². The molecule has 2 heterocycles. The minimum atomic E-state index is -0.158. The monoisotopic (exact) mass is 473 g/mol. The Labute approximate surface area is 210 Å². The molecule has 1 aliphatic heterocycles. The minimum absolute atomic E-state index is 0.158. The molecule has 4 rings (SSSR count). The second-order valence-electron chi connectivity index (χ2n) is 10.3. The van der Waals surface area contributed by atoms with Crippen LogP contribution in [0.5, 0.6) is 5.75 Å². The van der Waals surface area contributed by atoms with Crippen molar-refractivity contribution in [2.45, 2.75) is 52.2 Å². The van der Waals surface area contributed by atoms with Crippen molar-refractivity contribution in [1.29, 1.82) is 0 Å². The van der Waals surface area contributed by atoms with E-state index >= 15 is 0 Å². The minimum Gasteiger partial charge on any atom is -0.493 e. The number of carbonyl (C=O) groups excluding carboxylic acids is 1. The normalized spacial score (nSPS) is 15.8. The van der Waals surface area contributed by atoms with Crippen LogP contribution in [0.3, 0.4) is 0 Å². The van der Waals surface area contributed by atoms with Crippen molar-refractivity contribution in [3.8, 4) is 5.75 Å². The second-order valence-corrected chi connectivity index (χ2v) is 10.3. The Balaban J connectivity index is 1.42. The van der Waals surface area contributed by atoms with E-state index in [1.807, 2.05) is 60.5 Å². The third-order valence-electron chi connectivity index (χ3n) is 7.23. The number of likely N-dealkylation sites (tertiary alicyclic amines) is 1. The first kappa shape index (κ1) is 25.1. The first-order valence-corrected chi connectivity index (χ1v) is 12.8.